The summed E-state index contributed by atoms with van der Waals surface area (Å²) in [6.07, 6.45) is 2.24. The van der Waals surface area contributed by atoms with E-state index >= 15 is 0 Å². The van der Waals surface area contributed by atoms with Crippen molar-refractivity contribution >= 4 is 5.91 Å². The number of likely N-dealkylation sites (N-methyl/N-ethyl adjacent to an activating group) is 1. The van der Waals surface area contributed by atoms with Crippen LogP contribution in [0.4, 0.5) is 0 Å². The van der Waals surface area contributed by atoms with E-state index in [1.54, 1.807) is 7.05 Å². The second-order valence-corrected chi connectivity index (χ2v) is 3.56. The first-order valence-electron chi connectivity index (χ1n) is 4.63. The molecule has 14 heavy (non-hydrogen) atoms. The maximum Gasteiger partial charge on any atom is 0.267 e. The zero-order valence-electron chi connectivity index (χ0n) is 8.79. The number of carbonyl (C=O) groups excluding carboxylic acids is 1. The Labute approximate surface area is 84.4 Å². The number of aliphatic hydroxyl groups is 1. The molecule has 1 unspecified atom stereocenters. The Morgan fingerprint density at radius 3 is 2.79 bits per heavy atom. The maximum atomic E-state index is 11.5. The van der Waals surface area contributed by atoms with Crippen LogP contribution in [-0.4, -0.2) is 35.1 Å². The van der Waals surface area contributed by atoms with Crippen molar-refractivity contribution in [1.29, 1.82) is 0 Å². The molecule has 0 aromatic carbocycles. The van der Waals surface area contributed by atoms with Crippen LogP contribution in [0.2, 0.25) is 0 Å². The van der Waals surface area contributed by atoms with Gasteiger partial charge in [0, 0.05) is 20.0 Å². The summed E-state index contributed by atoms with van der Waals surface area (Å²) in [5, 5.41) is 9.88. The fourth-order valence-corrected chi connectivity index (χ4v) is 1.24. The number of carbonyl (C=O) groups is 1. The zero-order chi connectivity index (χ0) is 10.8. The van der Waals surface area contributed by atoms with E-state index in [0.717, 1.165) is 5.57 Å². The molecule has 0 aliphatic carbocycles. The van der Waals surface area contributed by atoms with Gasteiger partial charge in [-0.3, -0.25) is 4.79 Å². The molecule has 1 atom stereocenters. The Bertz CT molecular complexity index is 335. The number of allylic oxidation sites excluding steroid dienone is 2. The first kappa shape index (κ1) is 10.8. The van der Waals surface area contributed by atoms with E-state index in [4.69, 9.17) is 0 Å². The highest BCUT2D eigenvalue weighted by molar-refractivity contribution is 5.90. The van der Waals surface area contributed by atoms with Crippen molar-refractivity contribution in [1.82, 2.24) is 4.90 Å². The summed E-state index contributed by atoms with van der Waals surface area (Å²) in [5.41, 5.74) is -0.597. The lowest BCUT2D eigenvalue weighted by molar-refractivity contribution is -0.137. The Hall–Kier alpha value is -1.27. The summed E-state index contributed by atoms with van der Waals surface area (Å²) in [6.45, 7) is 4.29. The molecule has 1 aliphatic heterocycles. The van der Waals surface area contributed by atoms with Crippen LogP contribution in [0.5, 0.6) is 0 Å². The van der Waals surface area contributed by atoms with Crippen LogP contribution < -0.4 is 0 Å². The molecule has 3 nitrogen and oxygen atoms in total. The first-order valence-corrected chi connectivity index (χ1v) is 4.63. The van der Waals surface area contributed by atoms with Gasteiger partial charge in [-0.15, -0.1) is 0 Å². The topological polar surface area (TPSA) is 40.5 Å². The van der Waals surface area contributed by atoms with Gasteiger partial charge in [-0.1, -0.05) is 17.9 Å². The molecule has 1 N–H and O–H groups in total. The summed E-state index contributed by atoms with van der Waals surface area (Å²) in [4.78, 5) is 13.0. The molecule has 0 radical (unpaired) electrons. The summed E-state index contributed by atoms with van der Waals surface area (Å²) < 4.78 is 0. The number of nitrogens with zero attached hydrogens (tertiary/aromatic N) is 1. The molecule has 1 amide bonds. The van der Waals surface area contributed by atoms with Crippen LogP contribution in [0.1, 0.15) is 20.3 Å². The van der Waals surface area contributed by atoms with Gasteiger partial charge in [-0.05, 0) is 19.4 Å². The minimum Gasteiger partial charge on any atom is -0.369 e. The third-order valence-electron chi connectivity index (χ3n) is 2.41. The van der Waals surface area contributed by atoms with Gasteiger partial charge in [0.1, 0.15) is 0 Å². The van der Waals surface area contributed by atoms with Crippen LogP contribution >= 0.6 is 0 Å². The number of likely N-dealkylation sites (tertiary alicyclic amines) is 1. The van der Waals surface area contributed by atoms with Crippen LogP contribution in [0.25, 0.3) is 0 Å². The van der Waals surface area contributed by atoms with Gasteiger partial charge in [0.15, 0.2) is 0 Å². The molecule has 0 aromatic heterocycles. The second-order valence-electron chi connectivity index (χ2n) is 3.56. The number of amides is 1. The molecule has 0 aromatic rings. The fraction of sp³-hybridized carbons (Fsp3) is 0.545. The SMILES string of the molecule is CC=C(C)C#CC1(O)CCN(C)C1=O. The molecule has 0 bridgehead atoms. The lowest BCUT2D eigenvalue weighted by Crippen LogP contribution is -2.37. The molecule has 0 saturated carbocycles. The van der Waals surface area contributed by atoms with E-state index in [9.17, 15) is 9.90 Å². The van der Waals surface area contributed by atoms with E-state index in [2.05, 4.69) is 11.8 Å². The predicted molar refractivity (Wildman–Crippen MR) is 54.4 cm³/mol. The maximum absolute atomic E-state index is 11.5. The van der Waals surface area contributed by atoms with Crippen LogP contribution in [0, 0.1) is 11.8 Å². The third kappa shape index (κ3) is 1.97. The van der Waals surface area contributed by atoms with Crippen molar-refractivity contribution in [2.75, 3.05) is 13.6 Å². The van der Waals surface area contributed by atoms with Gasteiger partial charge >= 0.3 is 0 Å². The molecule has 1 saturated heterocycles. The van der Waals surface area contributed by atoms with Gasteiger partial charge in [-0.2, -0.15) is 0 Å². The van der Waals surface area contributed by atoms with Gasteiger partial charge in [0.2, 0.25) is 5.60 Å². The average Bonchev–Trinajstić information content (AvgIpc) is 2.44. The van der Waals surface area contributed by atoms with E-state index < -0.39 is 5.60 Å². The van der Waals surface area contributed by atoms with Crippen molar-refractivity contribution in [2.45, 2.75) is 25.9 Å². The van der Waals surface area contributed by atoms with Crippen LogP contribution in [-0.2, 0) is 4.79 Å². The highest BCUT2D eigenvalue weighted by Crippen LogP contribution is 2.20. The fourth-order valence-electron chi connectivity index (χ4n) is 1.24. The summed E-state index contributed by atoms with van der Waals surface area (Å²) in [5.74, 6) is 5.12. The smallest absolute Gasteiger partial charge is 0.267 e. The summed E-state index contributed by atoms with van der Waals surface area (Å²) >= 11 is 0. The van der Waals surface area contributed by atoms with Crippen molar-refractivity contribution in [3.63, 3.8) is 0 Å². The highest BCUT2D eigenvalue weighted by Gasteiger charge is 2.42. The minimum absolute atomic E-state index is 0.297. The highest BCUT2D eigenvalue weighted by atomic mass is 16.3. The van der Waals surface area contributed by atoms with Crippen molar-refractivity contribution < 1.29 is 9.90 Å². The quantitative estimate of drug-likeness (QED) is 0.571. The Morgan fingerprint density at radius 2 is 2.36 bits per heavy atom. The predicted octanol–water partition coefficient (Wildman–Crippen LogP) is 0.549. The number of hydrogen-bond acceptors (Lipinski definition) is 2. The Morgan fingerprint density at radius 1 is 1.71 bits per heavy atom. The van der Waals surface area contributed by atoms with Crippen molar-refractivity contribution in [2.24, 2.45) is 0 Å². The molecular formula is C11H15NO2. The Balaban J connectivity index is 2.86. The molecule has 0 spiro atoms. The van der Waals surface area contributed by atoms with Crippen LogP contribution in [0.3, 0.4) is 0 Å². The van der Waals surface area contributed by atoms with Crippen LogP contribution in [0.15, 0.2) is 11.6 Å². The molecule has 1 heterocycles. The molecule has 1 fully saturated rings. The van der Waals surface area contributed by atoms with Crippen molar-refractivity contribution in [3.05, 3.63) is 11.6 Å². The van der Waals surface area contributed by atoms with Gasteiger partial charge < -0.3 is 10.0 Å². The average molecular weight is 193 g/mol. The van der Waals surface area contributed by atoms with Gasteiger partial charge in [0.05, 0.1) is 0 Å². The van der Waals surface area contributed by atoms with E-state index in [1.165, 1.54) is 4.90 Å². The van der Waals surface area contributed by atoms with Gasteiger partial charge in [-0.25, -0.2) is 0 Å². The third-order valence-corrected chi connectivity index (χ3v) is 2.41. The molecule has 76 valence electrons. The Kier molecular flexibility index (Phi) is 2.97. The summed E-state index contributed by atoms with van der Waals surface area (Å²) in [7, 11) is 1.67. The standard InChI is InChI=1S/C11H15NO2/c1-4-9(2)5-6-11(14)7-8-12(3)10(11)13/h4,14H,7-8H2,1-3H3. The zero-order valence-corrected chi connectivity index (χ0v) is 8.79. The largest absolute Gasteiger partial charge is 0.369 e. The van der Waals surface area contributed by atoms with E-state index in [-0.39, 0.29) is 5.91 Å². The second kappa shape index (κ2) is 3.85. The van der Waals surface area contributed by atoms with Gasteiger partial charge in [0.25, 0.3) is 5.91 Å². The molecule has 1 aliphatic rings. The number of hydrogen-bond donors (Lipinski definition) is 1. The summed E-state index contributed by atoms with van der Waals surface area (Å²) in [6, 6.07) is 0. The molecule has 1 rings (SSSR count). The lowest BCUT2D eigenvalue weighted by Gasteiger charge is -2.13. The normalized spacial score (nSPS) is 27.6. The minimum atomic E-state index is -1.46. The lowest BCUT2D eigenvalue weighted by atomic mass is 10.0. The first-order chi connectivity index (χ1) is 6.49. The van der Waals surface area contributed by atoms with Crippen molar-refractivity contribution in [3.8, 4) is 11.8 Å². The molecular weight excluding hydrogens is 178 g/mol. The van der Waals surface area contributed by atoms with E-state index in [0.29, 0.717) is 13.0 Å². The number of rotatable bonds is 0. The molecule has 3 heteroatoms. The van der Waals surface area contributed by atoms with E-state index in [1.807, 2.05) is 19.9 Å². The monoisotopic (exact) mass is 193 g/mol.